The van der Waals surface area contributed by atoms with Gasteiger partial charge in [-0.3, -0.25) is 0 Å². The maximum Gasteiger partial charge on any atom is 0.183 e. The highest BCUT2D eigenvalue weighted by atomic mass is 16.7. The van der Waals surface area contributed by atoms with Gasteiger partial charge in [0.2, 0.25) is 0 Å². The molecule has 0 saturated carbocycles. The van der Waals surface area contributed by atoms with E-state index in [4.69, 9.17) is 20.3 Å². The van der Waals surface area contributed by atoms with Gasteiger partial charge in [-0.15, -0.1) is 0 Å². The average molecular weight is 207 g/mol. The van der Waals surface area contributed by atoms with Crippen LogP contribution in [0.25, 0.3) is 0 Å². The van der Waals surface area contributed by atoms with Crippen LogP contribution in [0.1, 0.15) is 19.3 Å². The Morgan fingerprint density at radius 1 is 1.50 bits per heavy atom. The molecule has 2 unspecified atom stereocenters. The fraction of sp³-hybridized carbons (Fsp3) is 1.00. The molecule has 5 nitrogen and oxygen atoms in total. The minimum absolute atomic E-state index is 0.426. The first-order valence-corrected chi connectivity index (χ1v) is 4.90. The van der Waals surface area contributed by atoms with Gasteiger partial charge in [0.05, 0.1) is 6.61 Å². The van der Waals surface area contributed by atoms with E-state index in [1.165, 1.54) is 0 Å². The van der Waals surface area contributed by atoms with E-state index in [0.717, 1.165) is 26.4 Å². The summed E-state index contributed by atoms with van der Waals surface area (Å²) >= 11 is 0. The highest BCUT2D eigenvalue weighted by molar-refractivity contribution is 4.65. The summed E-state index contributed by atoms with van der Waals surface area (Å²) in [4.78, 5) is 0. The molecular formula is C9H21NO4. The predicted molar refractivity (Wildman–Crippen MR) is 52.7 cm³/mol. The SMILES string of the molecule is CO.NCCCOC1OCCCC1O. The van der Waals surface area contributed by atoms with Crippen molar-refractivity contribution in [3.8, 4) is 0 Å². The maximum atomic E-state index is 9.39. The fourth-order valence-electron chi connectivity index (χ4n) is 1.18. The number of aliphatic hydroxyl groups is 2. The van der Waals surface area contributed by atoms with Crippen molar-refractivity contribution < 1.29 is 19.7 Å². The highest BCUT2D eigenvalue weighted by Gasteiger charge is 2.23. The van der Waals surface area contributed by atoms with Crippen LogP contribution in [0.3, 0.4) is 0 Å². The van der Waals surface area contributed by atoms with Crippen LogP contribution < -0.4 is 5.73 Å². The number of ether oxygens (including phenoxy) is 2. The molecule has 0 aromatic carbocycles. The van der Waals surface area contributed by atoms with E-state index in [1.54, 1.807) is 0 Å². The molecule has 0 bridgehead atoms. The Bertz CT molecular complexity index is 123. The monoisotopic (exact) mass is 207 g/mol. The number of hydrogen-bond acceptors (Lipinski definition) is 5. The molecule has 0 amide bonds. The molecule has 14 heavy (non-hydrogen) atoms. The lowest BCUT2D eigenvalue weighted by atomic mass is 10.1. The molecule has 0 radical (unpaired) electrons. The molecule has 1 heterocycles. The van der Waals surface area contributed by atoms with Crippen LogP contribution in [0.2, 0.25) is 0 Å². The lowest BCUT2D eigenvalue weighted by Gasteiger charge is -2.27. The number of aliphatic hydroxyl groups excluding tert-OH is 2. The Labute approximate surface area is 84.8 Å². The lowest BCUT2D eigenvalue weighted by Crippen LogP contribution is -2.36. The summed E-state index contributed by atoms with van der Waals surface area (Å²) in [5.41, 5.74) is 5.30. The van der Waals surface area contributed by atoms with Gasteiger partial charge in [0, 0.05) is 13.7 Å². The van der Waals surface area contributed by atoms with E-state index < -0.39 is 12.4 Å². The number of rotatable bonds is 4. The second-order valence-electron chi connectivity index (χ2n) is 2.96. The summed E-state index contributed by atoms with van der Waals surface area (Å²) in [5.74, 6) is 0. The number of nitrogens with two attached hydrogens (primary N) is 1. The normalized spacial score (nSPS) is 26.6. The van der Waals surface area contributed by atoms with Crippen molar-refractivity contribution in [3.63, 3.8) is 0 Å². The molecule has 0 aromatic rings. The zero-order valence-electron chi connectivity index (χ0n) is 8.69. The predicted octanol–water partition coefficient (Wildman–Crippen LogP) is -0.542. The Morgan fingerprint density at radius 2 is 2.21 bits per heavy atom. The van der Waals surface area contributed by atoms with Gasteiger partial charge in [-0.2, -0.15) is 0 Å². The molecule has 1 rings (SSSR count). The number of hydrogen-bond donors (Lipinski definition) is 3. The van der Waals surface area contributed by atoms with Crippen LogP contribution in [0, 0.1) is 0 Å². The minimum atomic E-state index is -0.462. The van der Waals surface area contributed by atoms with Crippen molar-refractivity contribution >= 4 is 0 Å². The molecule has 4 N–H and O–H groups in total. The van der Waals surface area contributed by atoms with Crippen LogP contribution in [0.5, 0.6) is 0 Å². The van der Waals surface area contributed by atoms with E-state index in [1.807, 2.05) is 0 Å². The van der Waals surface area contributed by atoms with Gasteiger partial charge in [-0.05, 0) is 25.8 Å². The van der Waals surface area contributed by atoms with Crippen LogP contribution in [0.15, 0.2) is 0 Å². The van der Waals surface area contributed by atoms with Crippen molar-refractivity contribution in [2.45, 2.75) is 31.7 Å². The van der Waals surface area contributed by atoms with Crippen molar-refractivity contribution in [1.29, 1.82) is 0 Å². The molecule has 1 fully saturated rings. The smallest absolute Gasteiger partial charge is 0.183 e. The topological polar surface area (TPSA) is 84.9 Å². The van der Waals surface area contributed by atoms with E-state index in [9.17, 15) is 5.11 Å². The van der Waals surface area contributed by atoms with Gasteiger partial charge in [-0.1, -0.05) is 0 Å². The molecule has 1 saturated heterocycles. The Balaban J connectivity index is 0.000000791. The maximum absolute atomic E-state index is 9.39. The molecule has 0 aromatic heterocycles. The van der Waals surface area contributed by atoms with Crippen LogP contribution >= 0.6 is 0 Å². The van der Waals surface area contributed by atoms with Crippen LogP contribution in [-0.2, 0) is 9.47 Å². The van der Waals surface area contributed by atoms with E-state index >= 15 is 0 Å². The summed E-state index contributed by atoms with van der Waals surface area (Å²) < 4.78 is 10.5. The second-order valence-corrected chi connectivity index (χ2v) is 2.96. The van der Waals surface area contributed by atoms with Gasteiger partial charge in [0.15, 0.2) is 6.29 Å². The molecule has 1 aliphatic rings. The van der Waals surface area contributed by atoms with Crippen molar-refractivity contribution in [2.24, 2.45) is 5.73 Å². The van der Waals surface area contributed by atoms with Gasteiger partial charge in [-0.25, -0.2) is 0 Å². The summed E-state index contributed by atoms with van der Waals surface area (Å²) in [6, 6.07) is 0. The third-order valence-corrected chi connectivity index (χ3v) is 1.87. The molecule has 86 valence electrons. The molecular weight excluding hydrogens is 186 g/mol. The first-order valence-electron chi connectivity index (χ1n) is 4.90. The largest absolute Gasteiger partial charge is 0.400 e. The Morgan fingerprint density at radius 3 is 2.79 bits per heavy atom. The van der Waals surface area contributed by atoms with Crippen LogP contribution in [0.4, 0.5) is 0 Å². The van der Waals surface area contributed by atoms with Crippen LogP contribution in [-0.4, -0.2) is 49.5 Å². The molecule has 0 aliphatic carbocycles. The van der Waals surface area contributed by atoms with Gasteiger partial charge < -0.3 is 25.4 Å². The summed E-state index contributed by atoms with van der Waals surface area (Å²) in [6.45, 7) is 1.87. The third-order valence-electron chi connectivity index (χ3n) is 1.87. The minimum Gasteiger partial charge on any atom is -0.400 e. The summed E-state index contributed by atoms with van der Waals surface area (Å²) in [5, 5.41) is 16.4. The second kappa shape index (κ2) is 9.36. The first-order chi connectivity index (χ1) is 6.84. The van der Waals surface area contributed by atoms with Gasteiger partial charge >= 0.3 is 0 Å². The molecule has 5 heteroatoms. The first kappa shape index (κ1) is 13.8. The highest BCUT2D eigenvalue weighted by Crippen LogP contribution is 2.14. The average Bonchev–Trinajstić information content (AvgIpc) is 2.24. The Kier molecular flexibility index (Phi) is 9.23. The zero-order chi connectivity index (χ0) is 10.8. The fourth-order valence-corrected chi connectivity index (χ4v) is 1.18. The third kappa shape index (κ3) is 5.51. The van der Waals surface area contributed by atoms with Crippen molar-refractivity contribution in [2.75, 3.05) is 26.9 Å². The molecule has 0 spiro atoms. The summed E-state index contributed by atoms with van der Waals surface area (Å²) in [7, 11) is 1.00. The Hall–Kier alpha value is -0.200. The van der Waals surface area contributed by atoms with E-state index in [-0.39, 0.29) is 0 Å². The molecule has 2 atom stereocenters. The lowest BCUT2D eigenvalue weighted by molar-refractivity contribution is -0.214. The van der Waals surface area contributed by atoms with Gasteiger partial charge in [0.25, 0.3) is 0 Å². The van der Waals surface area contributed by atoms with E-state index in [2.05, 4.69) is 0 Å². The zero-order valence-corrected chi connectivity index (χ0v) is 8.69. The quantitative estimate of drug-likeness (QED) is 0.539. The standard InChI is InChI=1S/C8H17NO3.CH4O/c9-4-2-6-12-8-7(10)3-1-5-11-8;1-2/h7-8,10H,1-6,9H2;2H,1H3. The molecule has 1 aliphatic heterocycles. The van der Waals surface area contributed by atoms with E-state index in [0.29, 0.717) is 19.8 Å². The van der Waals surface area contributed by atoms with Gasteiger partial charge in [0.1, 0.15) is 6.10 Å². The van der Waals surface area contributed by atoms with Crippen molar-refractivity contribution in [1.82, 2.24) is 0 Å². The summed E-state index contributed by atoms with van der Waals surface area (Å²) in [6.07, 6.45) is 1.61. The van der Waals surface area contributed by atoms with Crippen molar-refractivity contribution in [3.05, 3.63) is 0 Å².